The highest BCUT2D eigenvalue weighted by molar-refractivity contribution is 6.33. The second-order valence-corrected chi connectivity index (χ2v) is 7.53. The fourth-order valence-electron chi connectivity index (χ4n) is 3.47. The number of carbonyl (C=O) groups is 3. The van der Waals surface area contributed by atoms with Crippen LogP contribution in [0.25, 0.3) is 0 Å². The molecule has 2 saturated heterocycles. The highest BCUT2D eigenvalue weighted by atomic mass is 35.5. The molecule has 0 aromatic heterocycles. The Morgan fingerprint density at radius 3 is 2.69 bits per heavy atom. The second-order valence-electron chi connectivity index (χ2n) is 7.12. The number of hydrogen-bond acceptors (Lipinski definition) is 3. The largest absolute Gasteiger partial charge is 0.481 e. The molecule has 26 heavy (non-hydrogen) atoms. The van der Waals surface area contributed by atoms with E-state index in [4.69, 9.17) is 11.6 Å². The number of urea groups is 1. The van der Waals surface area contributed by atoms with Gasteiger partial charge < -0.3 is 20.2 Å². The van der Waals surface area contributed by atoms with Crippen LogP contribution < -0.4 is 10.2 Å². The summed E-state index contributed by atoms with van der Waals surface area (Å²) in [7, 11) is 0. The monoisotopic (exact) mass is 379 g/mol. The number of carbonyl (C=O) groups excluding carboxylic acids is 2. The van der Waals surface area contributed by atoms with Gasteiger partial charge >= 0.3 is 12.0 Å². The van der Waals surface area contributed by atoms with Gasteiger partial charge in [0.2, 0.25) is 5.91 Å². The number of benzene rings is 1. The molecule has 0 saturated carbocycles. The molecule has 0 aliphatic carbocycles. The number of carboxylic acids is 1. The van der Waals surface area contributed by atoms with Crippen molar-refractivity contribution in [2.45, 2.75) is 32.2 Å². The van der Waals surface area contributed by atoms with E-state index < -0.39 is 23.5 Å². The number of nitrogens with one attached hydrogen (secondary N) is 1. The van der Waals surface area contributed by atoms with Gasteiger partial charge in [0.25, 0.3) is 0 Å². The van der Waals surface area contributed by atoms with Gasteiger partial charge in [-0.05, 0) is 38.3 Å². The molecule has 2 aliphatic rings. The zero-order valence-corrected chi connectivity index (χ0v) is 15.3. The normalized spacial score (nSPS) is 26.1. The molecule has 2 N–H and O–H groups in total. The van der Waals surface area contributed by atoms with Gasteiger partial charge in [-0.3, -0.25) is 9.59 Å². The summed E-state index contributed by atoms with van der Waals surface area (Å²) in [6.45, 7) is 2.69. The maximum atomic E-state index is 12.8. The quantitative estimate of drug-likeness (QED) is 0.843. The summed E-state index contributed by atoms with van der Waals surface area (Å²) in [5.41, 5.74) is -0.296. The van der Waals surface area contributed by atoms with E-state index in [1.807, 2.05) is 6.07 Å². The molecule has 2 aliphatic heterocycles. The highest BCUT2D eigenvalue weighted by Crippen LogP contribution is 2.31. The topological polar surface area (TPSA) is 89.9 Å². The molecule has 0 radical (unpaired) electrons. The van der Waals surface area contributed by atoms with Crippen molar-refractivity contribution in [2.24, 2.45) is 5.41 Å². The Bertz CT molecular complexity index is 741. The van der Waals surface area contributed by atoms with Gasteiger partial charge in [-0.2, -0.15) is 0 Å². The minimum atomic E-state index is -0.933. The number of piperidine rings is 1. The van der Waals surface area contributed by atoms with E-state index in [1.54, 1.807) is 30.0 Å². The van der Waals surface area contributed by atoms with Crippen molar-refractivity contribution < 1.29 is 19.5 Å². The van der Waals surface area contributed by atoms with Crippen LogP contribution in [0.2, 0.25) is 5.02 Å². The number of anilines is 1. The molecule has 2 fully saturated rings. The van der Waals surface area contributed by atoms with E-state index >= 15 is 0 Å². The number of halogens is 1. The number of aliphatic carboxylic acids is 1. The Balaban J connectivity index is 1.67. The lowest BCUT2D eigenvalue weighted by atomic mass is 9.90. The van der Waals surface area contributed by atoms with Crippen molar-refractivity contribution in [1.82, 2.24) is 10.2 Å². The van der Waals surface area contributed by atoms with E-state index in [0.717, 1.165) is 6.42 Å². The first-order valence-electron chi connectivity index (χ1n) is 8.66. The number of nitrogens with zero attached hydrogens (tertiary/aromatic N) is 2. The van der Waals surface area contributed by atoms with Crippen LogP contribution in [0.4, 0.5) is 10.5 Å². The van der Waals surface area contributed by atoms with Crippen LogP contribution in [0.15, 0.2) is 24.3 Å². The zero-order chi connectivity index (χ0) is 18.9. The molecular formula is C18H22ClN3O4. The molecule has 2 unspecified atom stereocenters. The van der Waals surface area contributed by atoms with Gasteiger partial charge in [-0.15, -0.1) is 0 Å². The molecule has 8 heteroatoms. The lowest BCUT2D eigenvalue weighted by molar-refractivity contribution is -0.147. The third-order valence-electron chi connectivity index (χ3n) is 5.16. The van der Waals surface area contributed by atoms with Crippen LogP contribution in [0, 0.1) is 5.41 Å². The molecule has 7 nitrogen and oxygen atoms in total. The minimum Gasteiger partial charge on any atom is -0.481 e. The Kier molecular flexibility index (Phi) is 5.09. The maximum Gasteiger partial charge on any atom is 0.318 e. The highest BCUT2D eigenvalue weighted by Gasteiger charge is 2.43. The standard InChI is InChI=1S/C18H22ClN3O4/c1-18(16(24)25)8-10-21(11-18)17(26)20-13-6-4-9-22(15(13)23)14-7-3-2-5-12(14)19/h2-3,5,7,13H,4,6,8-11H2,1H3,(H,20,26)(H,24,25). The minimum absolute atomic E-state index is 0.142. The predicted octanol–water partition coefficient (Wildman–Crippen LogP) is 2.34. The van der Waals surface area contributed by atoms with Crippen LogP contribution in [0.5, 0.6) is 0 Å². The van der Waals surface area contributed by atoms with Crippen molar-refractivity contribution in [1.29, 1.82) is 0 Å². The third kappa shape index (κ3) is 3.49. The van der Waals surface area contributed by atoms with Crippen molar-refractivity contribution in [2.75, 3.05) is 24.5 Å². The summed E-state index contributed by atoms with van der Waals surface area (Å²) in [4.78, 5) is 39.7. The number of carboxylic acid groups (broad SMARTS) is 1. The molecule has 1 aromatic rings. The van der Waals surface area contributed by atoms with Crippen molar-refractivity contribution >= 4 is 35.2 Å². The molecule has 0 bridgehead atoms. The molecule has 1 aromatic carbocycles. The zero-order valence-electron chi connectivity index (χ0n) is 14.6. The van der Waals surface area contributed by atoms with E-state index in [2.05, 4.69) is 5.32 Å². The van der Waals surface area contributed by atoms with Gasteiger partial charge in [0.05, 0.1) is 16.1 Å². The Morgan fingerprint density at radius 1 is 1.31 bits per heavy atom. The molecule has 140 valence electrons. The number of para-hydroxylation sites is 1. The van der Waals surface area contributed by atoms with Crippen molar-refractivity contribution in [3.8, 4) is 0 Å². The number of likely N-dealkylation sites (tertiary alicyclic amines) is 1. The summed E-state index contributed by atoms with van der Waals surface area (Å²) in [6, 6.07) is 6.09. The third-order valence-corrected chi connectivity index (χ3v) is 5.48. The predicted molar refractivity (Wildman–Crippen MR) is 97.3 cm³/mol. The molecule has 3 amide bonds. The molecule has 2 heterocycles. The summed E-state index contributed by atoms with van der Waals surface area (Å²) in [6.07, 6.45) is 1.70. The number of amides is 3. The molecule has 2 atom stereocenters. The lowest BCUT2D eigenvalue weighted by Crippen LogP contribution is -2.55. The fraction of sp³-hybridized carbons (Fsp3) is 0.500. The lowest BCUT2D eigenvalue weighted by Gasteiger charge is -2.34. The average molecular weight is 380 g/mol. The van der Waals surface area contributed by atoms with Crippen molar-refractivity contribution in [3.63, 3.8) is 0 Å². The van der Waals surface area contributed by atoms with Crippen LogP contribution in [-0.2, 0) is 9.59 Å². The number of rotatable bonds is 3. The van der Waals surface area contributed by atoms with Gasteiger partial charge in [0.1, 0.15) is 6.04 Å². The van der Waals surface area contributed by atoms with E-state index in [1.165, 1.54) is 4.90 Å². The van der Waals surface area contributed by atoms with Crippen LogP contribution in [-0.4, -0.2) is 53.6 Å². The molecule has 3 rings (SSSR count). The van der Waals surface area contributed by atoms with Crippen molar-refractivity contribution in [3.05, 3.63) is 29.3 Å². The number of hydrogen-bond donors (Lipinski definition) is 2. The second kappa shape index (κ2) is 7.15. The molecular weight excluding hydrogens is 358 g/mol. The molecule has 0 spiro atoms. The van der Waals surface area contributed by atoms with Gasteiger partial charge in [0, 0.05) is 19.6 Å². The van der Waals surface area contributed by atoms with Crippen LogP contribution >= 0.6 is 11.6 Å². The van der Waals surface area contributed by atoms with E-state index in [9.17, 15) is 19.5 Å². The summed E-state index contributed by atoms with van der Waals surface area (Å²) >= 11 is 6.20. The Labute approximate surface area is 156 Å². The summed E-state index contributed by atoms with van der Waals surface area (Å²) in [5.74, 6) is -1.11. The first-order chi connectivity index (χ1) is 12.3. The van der Waals surface area contributed by atoms with Gasteiger partial charge in [0.15, 0.2) is 0 Å². The first kappa shape index (κ1) is 18.5. The van der Waals surface area contributed by atoms with Gasteiger partial charge in [-0.25, -0.2) is 4.79 Å². The smallest absolute Gasteiger partial charge is 0.318 e. The fourth-order valence-corrected chi connectivity index (χ4v) is 3.71. The van der Waals surface area contributed by atoms with E-state index in [-0.39, 0.29) is 12.5 Å². The Hall–Kier alpha value is -2.28. The SMILES string of the molecule is CC1(C(=O)O)CCN(C(=O)NC2CCCN(c3ccccc3Cl)C2=O)C1. The average Bonchev–Trinajstić information content (AvgIpc) is 3.02. The van der Waals surface area contributed by atoms with E-state index in [0.29, 0.717) is 36.6 Å². The van der Waals surface area contributed by atoms with Gasteiger partial charge in [-0.1, -0.05) is 23.7 Å². The maximum absolute atomic E-state index is 12.8. The Morgan fingerprint density at radius 2 is 2.04 bits per heavy atom. The summed E-state index contributed by atoms with van der Waals surface area (Å²) in [5, 5.41) is 12.5. The van der Waals surface area contributed by atoms with Crippen LogP contribution in [0.3, 0.4) is 0 Å². The van der Waals surface area contributed by atoms with Crippen LogP contribution in [0.1, 0.15) is 26.2 Å². The summed E-state index contributed by atoms with van der Waals surface area (Å²) < 4.78 is 0. The first-order valence-corrected chi connectivity index (χ1v) is 9.04.